The predicted molar refractivity (Wildman–Crippen MR) is 144 cm³/mol. The van der Waals surface area contributed by atoms with Gasteiger partial charge in [0.05, 0.1) is 12.7 Å². The number of fused-ring (bicyclic) bond motifs is 2. The SMILES string of the molecule is COc1ccc2oc(-c3ccccc3)c(C(=O)Oc3ccc4c(c3)OC(=Cc3cccc(Cl)c3)C4=O)c2c1. The van der Waals surface area contributed by atoms with Gasteiger partial charge in [-0.05, 0) is 54.1 Å². The van der Waals surface area contributed by atoms with E-state index < -0.39 is 5.97 Å². The van der Waals surface area contributed by atoms with E-state index in [1.807, 2.05) is 36.4 Å². The molecule has 0 atom stereocenters. The molecule has 2 heterocycles. The van der Waals surface area contributed by atoms with Crippen LogP contribution in [0.3, 0.4) is 0 Å². The van der Waals surface area contributed by atoms with Crippen LogP contribution in [0.4, 0.5) is 0 Å². The summed E-state index contributed by atoms with van der Waals surface area (Å²) in [5, 5.41) is 1.11. The van der Waals surface area contributed by atoms with Crippen LogP contribution in [0.2, 0.25) is 5.02 Å². The summed E-state index contributed by atoms with van der Waals surface area (Å²) >= 11 is 6.05. The molecule has 0 aliphatic carbocycles. The normalized spacial score (nSPS) is 13.4. The maximum atomic E-state index is 13.5. The highest BCUT2D eigenvalue weighted by Gasteiger charge is 2.29. The summed E-state index contributed by atoms with van der Waals surface area (Å²) in [5.74, 6) is 0.767. The number of Topliss-reactive ketones (excluding diaryl/α,β-unsaturated/α-hetero) is 1. The van der Waals surface area contributed by atoms with Crippen molar-refractivity contribution in [2.75, 3.05) is 7.11 Å². The van der Waals surface area contributed by atoms with E-state index in [0.29, 0.717) is 38.8 Å². The second-order valence-corrected chi connectivity index (χ2v) is 9.01. The maximum Gasteiger partial charge on any atom is 0.348 e. The molecule has 6 nitrogen and oxygen atoms in total. The van der Waals surface area contributed by atoms with Crippen molar-refractivity contribution in [1.29, 1.82) is 0 Å². The number of furan rings is 1. The zero-order chi connectivity index (χ0) is 26.2. The Balaban J connectivity index is 1.34. The molecule has 0 saturated carbocycles. The van der Waals surface area contributed by atoms with E-state index in [4.69, 9.17) is 30.2 Å². The molecule has 0 N–H and O–H groups in total. The monoisotopic (exact) mass is 522 g/mol. The van der Waals surface area contributed by atoms with Gasteiger partial charge in [-0.15, -0.1) is 0 Å². The summed E-state index contributed by atoms with van der Waals surface area (Å²) in [6, 6.07) is 26.3. The van der Waals surface area contributed by atoms with Crippen molar-refractivity contribution in [3.8, 4) is 28.6 Å². The average Bonchev–Trinajstić information content (AvgIpc) is 3.46. The van der Waals surface area contributed by atoms with Crippen molar-refractivity contribution >= 4 is 40.4 Å². The number of hydrogen-bond acceptors (Lipinski definition) is 6. The molecule has 6 rings (SSSR count). The van der Waals surface area contributed by atoms with Crippen LogP contribution in [-0.4, -0.2) is 18.9 Å². The van der Waals surface area contributed by atoms with Crippen molar-refractivity contribution in [2.45, 2.75) is 0 Å². The van der Waals surface area contributed by atoms with E-state index in [1.54, 1.807) is 61.7 Å². The average molecular weight is 523 g/mol. The van der Waals surface area contributed by atoms with Crippen molar-refractivity contribution in [3.05, 3.63) is 118 Å². The molecule has 1 aliphatic rings. The number of rotatable bonds is 5. The fraction of sp³-hybridized carbons (Fsp3) is 0.0323. The zero-order valence-electron chi connectivity index (χ0n) is 20.1. The van der Waals surface area contributed by atoms with Crippen molar-refractivity contribution in [3.63, 3.8) is 0 Å². The largest absolute Gasteiger partial charge is 0.497 e. The molecule has 0 fully saturated rings. The number of benzene rings is 4. The number of esters is 1. The second-order valence-electron chi connectivity index (χ2n) is 8.58. The number of carbonyl (C=O) groups is 2. The van der Waals surface area contributed by atoms with Crippen molar-refractivity contribution < 1.29 is 28.2 Å². The zero-order valence-corrected chi connectivity index (χ0v) is 20.8. The molecule has 0 spiro atoms. The lowest BCUT2D eigenvalue weighted by Crippen LogP contribution is -2.09. The topological polar surface area (TPSA) is 75.0 Å². The van der Waals surface area contributed by atoms with Gasteiger partial charge in [0, 0.05) is 22.0 Å². The van der Waals surface area contributed by atoms with Crippen LogP contribution < -0.4 is 14.2 Å². The molecule has 0 unspecified atom stereocenters. The van der Waals surface area contributed by atoms with E-state index in [2.05, 4.69) is 0 Å². The number of halogens is 1. The van der Waals surface area contributed by atoms with Crippen LogP contribution in [0.25, 0.3) is 28.4 Å². The van der Waals surface area contributed by atoms with E-state index in [0.717, 1.165) is 11.1 Å². The van der Waals surface area contributed by atoms with Crippen LogP contribution in [0, 0.1) is 0 Å². The predicted octanol–water partition coefficient (Wildman–Crippen LogP) is 7.60. The highest BCUT2D eigenvalue weighted by atomic mass is 35.5. The van der Waals surface area contributed by atoms with Gasteiger partial charge in [-0.1, -0.05) is 54.1 Å². The highest BCUT2D eigenvalue weighted by molar-refractivity contribution is 6.30. The lowest BCUT2D eigenvalue weighted by atomic mass is 10.1. The molecule has 1 aromatic heterocycles. The highest BCUT2D eigenvalue weighted by Crippen LogP contribution is 2.38. The smallest absolute Gasteiger partial charge is 0.348 e. The molecule has 0 saturated heterocycles. The maximum absolute atomic E-state index is 13.5. The summed E-state index contributed by atoms with van der Waals surface area (Å²) in [5.41, 5.74) is 2.63. The molecule has 5 aromatic rings. The molecule has 7 heteroatoms. The first-order valence-corrected chi connectivity index (χ1v) is 12.1. The third-order valence-corrected chi connectivity index (χ3v) is 6.37. The van der Waals surface area contributed by atoms with E-state index in [1.165, 1.54) is 6.07 Å². The van der Waals surface area contributed by atoms with Crippen molar-refractivity contribution in [1.82, 2.24) is 0 Å². The van der Waals surface area contributed by atoms with Gasteiger partial charge in [0.1, 0.15) is 34.2 Å². The first-order chi connectivity index (χ1) is 18.5. The van der Waals surface area contributed by atoms with Gasteiger partial charge in [0.25, 0.3) is 0 Å². The van der Waals surface area contributed by atoms with Gasteiger partial charge in [-0.3, -0.25) is 4.79 Å². The fourth-order valence-corrected chi connectivity index (χ4v) is 4.53. The lowest BCUT2D eigenvalue weighted by Gasteiger charge is -2.07. The molecule has 38 heavy (non-hydrogen) atoms. The van der Waals surface area contributed by atoms with Crippen LogP contribution in [-0.2, 0) is 0 Å². The van der Waals surface area contributed by atoms with Gasteiger partial charge in [-0.2, -0.15) is 0 Å². The third kappa shape index (κ3) is 4.31. The summed E-state index contributed by atoms with van der Waals surface area (Å²) in [4.78, 5) is 26.4. The first-order valence-electron chi connectivity index (χ1n) is 11.7. The van der Waals surface area contributed by atoms with Crippen molar-refractivity contribution in [2.24, 2.45) is 0 Å². The van der Waals surface area contributed by atoms with Gasteiger partial charge < -0.3 is 18.6 Å². The van der Waals surface area contributed by atoms with E-state index in [-0.39, 0.29) is 22.9 Å². The molecule has 1 aliphatic heterocycles. The Bertz CT molecular complexity index is 1750. The van der Waals surface area contributed by atoms with Gasteiger partial charge >= 0.3 is 5.97 Å². The molecule has 4 aromatic carbocycles. The summed E-state index contributed by atoms with van der Waals surface area (Å²) in [6.07, 6.45) is 1.62. The number of allylic oxidation sites excluding steroid dienone is 1. The number of methoxy groups -OCH3 is 1. The standard InChI is InChI=1S/C31H19ClO6/c1-35-21-11-13-25-24(16-21)28(30(38-25)19-7-3-2-4-8-19)31(34)36-22-10-12-23-26(17-22)37-27(29(23)33)15-18-6-5-9-20(32)14-18/h2-17H,1H3. The second kappa shape index (κ2) is 9.57. The summed E-state index contributed by atoms with van der Waals surface area (Å²) < 4.78 is 23.0. The van der Waals surface area contributed by atoms with E-state index >= 15 is 0 Å². The molecule has 0 amide bonds. The van der Waals surface area contributed by atoms with Gasteiger partial charge in [-0.25, -0.2) is 4.79 Å². The number of ketones is 1. The molecule has 0 radical (unpaired) electrons. The van der Waals surface area contributed by atoms with Gasteiger partial charge in [0.2, 0.25) is 5.78 Å². The minimum Gasteiger partial charge on any atom is -0.497 e. The first kappa shape index (κ1) is 23.6. The molecular weight excluding hydrogens is 504 g/mol. The van der Waals surface area contributed by atoms with E-state index in [9.17, 15) is 9.59 Å². The quantitative estimate of drug-likeness (QED) is 0.134. The summed E-state index contributed by atoms with van der Waals surface area (Å²) in [6.45, 7) is 0. The van der Waals surface area contributed by atoms with Crippen LogP contribution in [0.15, 0.2) is 101 Å². The number of hydrogen-bond donors (Lipinski definition) is 0. The molecule has 0 bridgehead atoms. The Morgan fingerprint density at radius 3 is 2.50 bits per heavy atom. The Morgan fingerprint density at radius 1 is 0.895 bits per heavy atom. The molecular formula is C31H19ClO6. The summed E-state index contributed by atoms with van der Waals surface area (Å²) in [7, 11) is 1.55. The molecule has 186 valence electrons. The third-order valence-electron chi connectivity index (χ3n) is 6.13. The Labute approximate surface area is 222 Å². The van der Waals surface area contributed by atoms with Crippen LogP contribution >= 0.6 is 11.6 Å². The number of carbonyl (C=O) groups excluding carboxylic acids is 2. The van der Waals surface area contributed by atoms with Crippen LogP contribution in [0.1, 0.15) is 26.3 Å². The lowest BCUT2D eigenvalue weighted by molar-refractivity contribution is 0.0736. The Hall–Kier alpha value is -4.81. The minimum absolute atomic E-state index is 0.157. The number of ether oxygens (including phenoxy) is 3. The Kier molecular flexibility index (Phi) is 5.94. The Morgan fingerprint density at radius 2 is 1.71 bits per heavy atom. The minimum atomic E-state index is -0.616. The van der Waals surface area contributed by atoms with Gasteiger partial charge in [0.15, 0.2) is 5.76 Å². The van der Waals surface area contributed by atoms with Crippen LogP contribution in [0.5, 0.6) is 17.2 Å². The fourth-order valence-electron chi connectivity index (χ4n) is 4.34.